The smallest absolute Gasteiger partial charge is 0.170 e. The summed E-state index contributed by atoms with van der Waals surface area (Å²) in [5, 5.41) is 8.33. The highest BCUT2D eigenvalue weighted by atomic mass is 79.9. The lowest BCUT2D eigenvalue weighted by molar-refractivity contribution is 0.708. The van der Waals surface area contributed by atoms with Gasteiger partial charge in [-0.05, 0) is 28.4 Å². The van der Waals surface area contributed by atoms with Gasteiger partial charge in [0.15, 0.2) is 9.15 Å². The first kappa shape index (κ1) is 9.21. The van der Waals surface area contributed by atoms with Crippen molar-refractivity contribution in [2.75, 3.05) is 0 Å². The van der Waals surface area contributed by atoms with Crippen LogP contribution in [0.2, 0.25) is 0 Å². The molecule has 2 unspecified atom stereocenters. The van der Waals surface area contributed by atoms with E-state index in [2.05, 4.69) is 45.2 Å². The molecule has 4 heteroatoms. The molecule has 13 heavy (non-hydrogen) atoms. The zero-order valence-corrected chi connectivity index (χ0v) is 9.55. The molecule has 1 aliphatic heterocycles. The third kappa shape index (κ3) is 1.79. The van der Waals surface area contributed by atoms with E-state index in [0.717, 1.165) is 0 Å². The van der Waals surface area contributed by atoms with Crippen LogP contribution in [0.15, 0.2) is 40.6 Å². The van der Waals surface area contributed by atoms with Gasteiger partial charge >= 0.3 is 0 Å². The van der Waals surface area contributed by atoms with Crippen molar-refractivity contribution in [2.24, 2.45) is 10.2 Å². The number of rotatable bonds is 1. The summed E-state index contributed by atoms with van der Waals surface area (Å²) < 4.78 is 0.0951. The summed E-state index contributed by atoms with van der Waals surface area (Å²) in [5.41, 5.74) is 1.20. The highest BCUT2D eigenvalue weighted by Gasteiger charge is 2.34. The van der Waals surface area contributed by atoms with Gasteiger partial charge in [-0.1, -0.05) is 42.1 Å². The van der Waals surface area contributed by atoms with E-state index in [1.165, 1.54) is 5.56 Å². The number of hydrogen-bond donors (Lipinski definition) is 0. The van der Waals surface area contributed by atoms with Crippen molar-refractivity contribution in [2.45, 2.75) is 16.1 Å². The Morgan fingerprint density at radius 2 is 2.08 bits per heavy atom. The Labute approximate surface area is 90.0 Å². The average Bonchev–Trinajstić information content (AvgIpc) is 2.49. The molecule has 0 bridgehead atoms. The topological polar surface area (TPSA) is 24.7 Å². The lowest BCUT2D eigenvalue weighted by atomic mass is 10.1. The number of thioether (sulfide) groups is 1. The Bertz CT molecular complexity index is 328. The summed E-state index contributed by atoms with van der Waals surface area (Å²) in [5.74, 6) is 0. The summed E-state index contributed by atoms with van der Waals surface area (Å²) in [6, 6.07) is 10.2. The minimum atomic E-state index is -0.213. The molecule has 1 aromatic carbocycles. The quantitative estimate of drug-likeness (QED) is 0.555. The van der Waals surface area contributed by atoms with Gasteiger partial charge in [-0.25, -0.2) is 0 Å². The number of halogens is 1. The third-order valence-corrected chi connectivity index (χ3v) is 3.78. The standard InChI is InChI=1S/C9H9BrN2S/c1-9(12-11-8(10)13-9)7-5-3-2-4-6-7/h2-6,8H,1H3. The molecule has 0 saturated heterocycles. The van der Waals surface area contributed by atoms with Gasteiger partial charge in [0, 0.05) is 0 Å². The number of hydrogen-bond acceptors (Lipinski definition) is 3. The predicted molar refractivity (Wildman–Crippen MR) is 59.0 cm³/mol. The highest BCUT2D eigenvalue weighted by molar-refractivity contribution is 9.11. The van der Waals surface area contributed by atoms with E-state index in [9.17, 15) is 0 Å². The molecule has 0 N–H and O–H groups in total. The van der Waals surface area contributed by atoms with Gasteiger partial charge in [0.1, 0.15) is 0 Å². The zero-order valence-electron chi connectivity index (χ0n) is 7.14. The number of nitrogens with zero attached hydrogens (tertiary/aromatic N) is 2. The molecule has 0 saturated carbocycles. The van der Waals surface area contributed by atoms with Crippen LogP contribution >= 0.6 is 27.7 Å². The fourth-order valence-corrected chi connectivity index (χ4v) is 3.29. The van der Waals surface area contributed by atoms with Crippen LogP contribution in [-0.2, 0) is 4.87 Å². The number of alkyl halides is 1. The molecule has 0 spiro atoms. The summed E-state index contributed by atoms with van der Waals surface area (Å²) in [7, 11) is 0. The Morgan fingerprint density at radius 3 is 2.62 bits per heavy atom. The summed E-state index contributed by atoms with van der Waals surface area (Å²) in [6.45, 7) is 2.08. The van der Waals surface area contributed by atoms with E-state index in [0.29, 0.717) is 0 Å². The molecule has 2 nitrogen and oxygen atoms in total. The monoisotopic (exact) mass is 256 g/mol. The zero-order chi connectivity index (χ0) is 9.31. The molecule has 0 radical (unpaired) electrons. The Balaban J connectivity index is 2.32. The SMILES string of the molecule is CC1(c2ccccc2)N=NC(Br)S1. The van der Waals surface area contributed by atoms with Gasteiger partial charge in [0.05, 0.1) is 0 Å². The molecule has 0 aliphatic carbocycles. The van der Waals surface area contributed by atoms with E-state index in [-0.39, 0.29) is 9.15 Å². The van der Waals surface area contributed by atoms with Crippen molar-refractivity contribution in [3.63, 3.8) is 0 Å². The number of azo groups is 1. The van der Waals surface area contributed by atoms with Gasteiger partial charge in [-0.2, -0.15) is 10.2 Å². The van der Waals surface area contributed by atoms with Crippen molar-refractivity contribution < 1.29 is 0 Å². The maximum Gasteiger partial charge on any atom is 0.173 e. The normalized spacial score (nSPS) is 32.3. The van der Waals surface area contributed by atoms with E-state index < -0.39 is 0 Å². The van der Waals surface area contributed by atoms with Gasteiger partial charge in [-0.15, -0.1) is 0 Å². The Morgan fingerprint density at radius 1 is 1.38 bits per heavy atom. The lowest BCUT2D eigenvalue weighted by Gasteiger charge is -2.18. The molecule has 1 heterocycles. The summed E-state index contributed by atoms with van der Waals surface area (Å²) in [4.78, 5) is -0.213. The fourth-order valence-electron chi connectivity index (χ4n) is 1.27. The average molecular weight is 257 g/mol. The van der Waals surface area contributed by atoms with E-state index >= 15 is 0 Å². The van der Waals surface area contributed by atoms with Crippen LogP contribution in [-0.4, -0.2) is 4.28 Å². The van der Waals surface area contributed by atoms with Crippen LogP contribution in [0.3, 0.4) is 0 Å². The van der Waals surface area contributed by atoms with Crippen molar-refractivity contribution in [1.29, 1.82) is 0 Å². The predicted octanol–water partition coefficient (Wildman–Crippen LogP) is 3.74. The maximum absolute atomic E-state index is 4.26. The molecular weight excluding hydrogens is 248 g/mol. The van der Waals surface area contributed by atoms with Crippen molar-refractivity contribution in [3.8, 4) is 0 Å². The van der Waals surface area contributed by atoms with Crippen molar-refractivity contribution in [3.05, 3.63) is 35.9 Å². The minimum Gasteiger partial charge on any atom is -0.170 e. The largest absolute Gasteiger partial charge is 0.173 e. The second-order valence-electron chi connectivity index (χ2n) is 2.97. The molecule has 0 fully saturated rings. The van der Waals surface area contributed by atoms with E-state index in [1.807, 2.05) is 18.2 Å². The molecule has 1 aromatic rings. The molecule has 1 aliphatic rings. The first-order valence-electron chi connectivity index (χ1n) is 4.00. The van der Waals surface area contributed by atoms with Crippen LogP contribution in [0, 0.1) is 0 Å². The van der Waals surface area contributed by atoms with Crippen molar-refractivity contribution in [1.82, 2.24) is 0 Å². The minimum absolute atomic E-state index is 0.0951. The molecule has 0 aromatic heterocycles. The number of benzene rings is 1. The lowest BCUT2D eigenvalue weighted by Crippen LogP contribution is -2.10. The Hall–Kier alpha value is -0.350. The Kier molecular flexibility index (Phi) is 2.43. The van der Waals surface area contributed by atoms with Crippen molar-refractivity contribution >= 4 is 27.7 Å². The van der Waals surface area contributed by atoms with Crippen LogP contribution in [0.4, 0.5) is 0 Å². The van der Waals surface area contributed by atoms with Gasteiger partial charge < -0.3 is 0 Å². The molecule has 68 valence electrons. The van der Waals surface area contributed by atoms with Crippen LogP contribution in [0.1, 0.15) is 12.5 Å². The summed E-state index contributed by atoms with van der Waals surface area (Å²) in [6.07, 6.45) is 0. The third-order valence-electron chi connectivity index (χ3n) is 1.98. The second kappa shape index (κ2) is 3.42. The molecule has 2 rings (SSSR count). The molecule has 0 amide bonds. The second-order valence-corrected chi connectivity index (χ2v) is 5.92. The molecule has 2 atom stereocenters. The van der Waals surface area contributed by atoms with Crippen LogP contribution in [0.5, 0.6) is 0 Å². The first-order valence-corrected chi connectivity index (χ1v) is 5.80. The first-order chi connectivity index (χ1) is 6.21. The highest BCUT2D eigenvalue weighted by Crippen LogP contribution is 2.47. The van der Waals surface area contributed by atoms with E-state index in [1.54, 1.807) is 11.8 Å². The van der Waals surface area contributed by atoms with Gasteiger partial charge in [0.25, 0.3) is 0 Å². The summed E-state index contributed by atoms with van der Waals surface area (Å²) >= 11 is 5.12. The maximum atomic E-state index is 4.26. The fraction of sp³-hybridized carbons (Fsp3) is 0.333. The van der Waals surface area contributed by atoms with Crippen LogP contribution < -0.4 is 0 Å². The van der Waals surface area contributed by atoms with Gasteiger partial charge in [-0.3, -0.25) is 0 Å². The van der Waals surface area contributed by atoms with E-state index in [4.69, 9.17) is 0 Å². The molecular formula is C9H9BrN2S. The van der Waals surface area contributed by atoms with Gasteiger partial charge in [0.2, 0.25) is 0 Å². The van der Waals surface area contributed by atoms with Crippen LogP contribution in [0.25, 0.3) is 0 Å².